The second-order valence-electron chi connectivity index (χ2n) is 7.33. The fourth-order valence-electron chi connectivity index (χ4n) is 3.64. The van der Waals surface area contributed by atoms with Crippen molar-refractivity contribution in [2.24, 2.45) is 7.05 Å². The third-order valence-corrected chi connectivity index (χ3v) is 6.24. The molecule has 1 N–H and O–H groups in total. The van der Waals surface area contributed by atoms with Crippen molar-refractivity contribution in [1.29, 1.82) is 0 Å². The summed E-state index contributed by atoms with van der Waals surface area (Å²) in [6.07, 6.45) is 5.60. The Kier molecular flexibility index (Phi) is 5.57. The number of carbonyl (C=O) groups is 1. The van der Waals surface area contributed by atoms with Crippen molar-refractivity contribution in [2.45, 2.75) is 39.2 Å². The van der Waals surface area contributed by atoms with E-state index in [-0.39, 0.29) is 11.9 Å². The number of aryl methyl sites for hydroxylation is 4. The molecule has 8 nitrogen and oxygen atoms in total. The predicted molar refractivity (Wildman–Crippen MR) is 113 cm³/mol. The van der Waals surface area contributed by atoms with Crippen LogP contribution < -0.4 is 10.2 Å². The van der Waals surface area contributed by atoms with Gasteiger partial charge in [0.1, 0.15) is 0 Å². The Morgan fingerprint density at radius 1 is 1.28 bits per heavy atom. The van der Waals surface area contributed by atoms with Gasteiger partial charge in [-0.25, -0.2) is 15.0 Å². The van der Waals surface area contributed by atoms with Gasteiger partial charge in [-0.1, -0.05) is 0 Å². The van der Waals surface area contributed by atoms with Gasteiger partial charge in [-0.05, 0) is 38.8 Å². The summed E-state index contributed by atoms with van der Waals surface area (Å²) in [6.45, 7) is 5.57. The van der Waals surface area contributed by atoms with Crippen LogP contribution in [0.2, 0.25) is 0 Å². The lowest BCUT2D eigenvalue weighted by Crippen LogP contribution is -2.37. The maximum absolute atomic E-state index is 12.3. The van der Waals surface area contributed by atoms with E-state index in [9.17, 15) is 4.79 Å². The summed E-state index contributed by atoms with van der Waals surface area (Å²) >= 11 is 1.65. The molecule has 1 saturated heterocycles. The third kappa shape index (κ3) is 4.45. The molecular formula is C20H25N7OS. The van der Waals surface area contributed by atoms with Gasteiger partial charge < -0.3 is 10.2 Å². The lowest BCUT2D eigenvalue weighted by atomic mass is 10.2. The second kappa shape index (κ2) is 8.28. The van der Waals surface area contributed by atoms with Crippen LogP contribution in [0.25, 0.3) is 10.6 Å². The number of hydrogen-bond donors (Lipinski definition) is 1. The first-order chi connectivity index (χ1) is 14.0. The van der Waals surface area contributed by atoms with Crippen molar-refractivity contribution in [3.8, 4) is 10.6 Å². The van der Waals surface area contributed by atoms with Gasteiger partial charge in [-0.15, -0.1) is 11.3 Å². The van der Waals surface area contributed by atoms with E-state index in [2.05, 4.69) is 25.3 Å². The maximum Gasteiger partial charge on any atom is 0.225 e. The zero-order chi connectivity index (χ0) is 20.4. The van der Waals surface area contributed by atoms with Crippen molar-refractivity contribution in [1.82, 2.24) is 30.0 Å². The van der Waals surface area contributed by atoms with Gasteiger partial charge in [-0.2, -0.15) is 5.10 Å². The molecule has 3 aromatic rings. The molecule has 9 heteroatoms. The number of nitrogens with one attached hydrogen (secondary N) is 1. The summed E-state index contributed by atoms with van der Waals surface area (Å²) in [7, 11) is 1.89. The molecule has 1 amide bonds. The van der Waals surface area contributed by atoms with E-state index >= 15 is 0 Å². The molecule has 0 aliphatic carbocycles. The first-order valence-corrected chi connectivity index (χ1v) is 10.6. The van der Waals surface area contributed by atoms with Crippen molar-refractivity contribution < 1.29 is 4.79 Å². The van der Waals surface area contributed by atoms with Crippen LogP contribution in [-0.4, -0.2) is 49.8 Å². The van der Waals surface area contributed by atoms with E-state index < -0.39 is 0 Å². The Hall–Kier alpha value is -2.81. The number of amides is 1. The highest BCUT2D eigenvalue weighted by atomic mass is 32.1. The van der Waals surface area contributed by atoms with Crippen LogP contribution in [0.5, 0.6) is 0 Å². The molecule has 4 heterocycles. The topological polar surface area (TPSA) is 88.8 Å². The highest BCUT2D eigenvalue weighted by Crippen LogP contribution is 2.29. The van der Waals surface area contributed by atoms with Crippen LogP contribution in [0.4, 0.5) is 5.95 Å². The number of hydrogen-bond acceptors (Lipinski definition) is 7. The summed E-state index contributed by atoms with van der Waals surface area (Å²) < 4.78 is 1.81. The van der Waals surface area contributed by atoms with Gasteiger partial charge in [0, 0.05) is 50.7 Å². The quantitative estimate of drug-likeness (QED) is 0.669. The first-order valence-electron chi connectivity index (χ1n) is 9.78. The summed E-state index contributed by atoms with van der Waals surface area (Å²) in [6, 6.07) is 3.99. The van der Waals surface area contributed by atoms with Crippen LogP contribution in [-0.2, 0) is 18.3 Å². The average molecular weight is 412 g/mol. The normalized spacial score (nSPS) is 16.4. The zero-order valence-corrected chi connectivity index (χ0v) is 17.7. The third-order valence-electron chi connectivity index (χ3n) is 5.15. The molecule has 0 spiro atoms. The number of thiazole rings is 1. The summed E-state index contributed by atoms with van der Waals surface area (Å²) in [4.78, 5) is 29.3. The predicted octanol–water partition coefficient (Wildman–Crippen LogP) is 2.28. The number of carbonyl (C=O) groups excluding carboxylic acids is 1. The first kappa shape index (κ1) is 19.5. The minimum atomic E-state index is 0.0727. The maximum atomic E-state index is 12.3. The van der Waals surface area contributed by atoms with E-state index in [4.69, 9.17) is 4.98 Å². The minimum Gasteiger partial charge on any atom is -0.352 e. The van der Waals surface area contributed by atoms with E-state index in [1.165, 1.54) is 0 Å². The monoisotopic (exact) mass is 411 g/mol. The van der Waals surface area contributed by atoms with Crippen molar-refractivity contribution in [2.75, 3.05) is 18.0 Å². The van der Waals surface area contributed by atoms with Crippen LogP contribution in [0.1, 0.15) is 29.2 Å². The average Bonchev–Trinajstić information content (AvgIpc) is 3.41. The lowest BCUT2D eigenvalue weighted by molar-refractivity contribution is -0.121. The number of rotatable bonds is 6. The zero-order valence-electron chi connectivity index (χ0n) is 16.9. The van der Waals surface area contributed by atoms with E-state index in [0.717, 1.165) is 46.5 Å². The van der Waals surface area contributed by atoms with Gasteiger partial charge in [0.2, 0.25) is 11.9 Å². The largest absolute Gasteiger partial charge is 0.352 e. The van der Waals surface area contributed by atoms with Gasteiger partial charge in [0.25, 0.3) is 0 Å². The van der Waals surface area contributed by atoms with Crippen LogP contribution in [0.15, 0.2) is 24.5 Å². The molecule has 1 aliphatic rings. The Morgan fingerprint density at radius 2 is 2.14 bits per heavy atom. The lowest BCUT2D eigenvalue weighted by Gasteiger charge is -2.17. The molecule has 0 bridgehead atoms. The number of aromatic nitrogens is 5. The smallest absolute Gasteiger partial charge is 0.225 e. The Labute approximate surface area is 174 Å². The molecule has 3 aromatic heterocycles. The summed E-state index contributed by atoms with van der Waals surface area (Å²) in [5.41, 5.74) is 2.96. The molecule has 29 heavy (non-hydrogen) atoms. The molecule has 1 aliphatic heterocycles. The minimum absolute atomic E-state index is 0.0727. The Balaban J connectivity index is 1.35. The van der Waals surface area contributed by atoms with Gasteiger partial charge in [0.15, 0.2) is 0 Å². The van der Waals surface area contributed by atoms with Crippen LogP contribution in [0, 0.1) is 13.8 Å². The highest BCUT2D eigenvalue weighted by Gasteiger charge is 2.26. The molecular weight excluding hydrogens is 386 g/mol. The highest BCUT2D eigenvalue weighted by molar-refractivity contribution is 7.15. The summed E-state index contributed by atoms with van der Waals surface area (Å²) in [5.74, 6) is 0.781. The molecule has 1 fully saturated rings. The SMILES string of the molecule is Cc1nc(C)c(-c2ccnc(N3CCC(NC(=O)CCc4ccnn4C)C3)n2)s1. The fraction of sp³-hybridized carbons (Fsp3) is 0.450. The van der Waals surface area contributed by atoms with E-state index in [1.54, 1.807) is 28.4 Å². The standard InChI is InChI=1S/C20H25N7OS/c1-13-19(29-14(2)23-13)17-7-9-21-20(25-17)27-11-8-15(12-27)24-18(28)5-4-16-6-10-22-26(16)3/h6-7,9-10,15H,4-5,8,11-12H2,1-3H3,(H,24,28). The van der Waals surface area contributed by atoms with Gasteiger partial charge >= 0.3 is 0 Å². The fourth-order valence-corrected chi connectivity index (χ4v) is 4.53. The van der Waals surface area contributed by atoms with Crippen LogP contribution >= 0.6 is 11.3 Å². The van der Waals surface area contributed by atoms with E-state index in [1.807, 2.05) is 33.0 Å². The second-order valence-corrected chi connectivity index (χ2v) is 8.54. The molecule has 152 valence electrons. The number of nitrogens with zero attached hydrogens (tertiary/aromatic N) is 6. The summed E-state index contributed by atoms with van der Waals surface area (Å²) in [5, 5.41) is 8.32. The van der Waals surface area contributed by atoms with Crippen molar-refractivity contribution in [3.63, 3.8) is 0 Å². The van der Waals surface area contributed by atoms with Crippen LogP contribution in [0.3, 0.4) is 0 Å². The van der Waals surface area contributed by atoms with Crippen molar-refractivity contribution in [3.05, 3.63) is 40.9 Å². The molecule has 4 rings (SSSR count). The van der Waals surface area contributed by atoms with Crippen molar-refractivity contribution >= 4 is 23.2 Å². The van der Waals surface area contributed by atoms with Gasteiger partial charge in [-0.3, -0.25) is 9.48 Å². The van der Waals surface area contributed by atoms with Gasteiger partial charge in [0.05, 0.1) is 21.3 Å². The molecule has 0 radical (unpaired) electrons. The Bertz CT molecular complexity index is 1010. The number of anilines is 1. The molecule has 1 atom stereocenters. The molecule has 0 saturated carbocycles. The Morgan fingerprint density at radius 3 is 2.86 bits per heavy atom. The molecule has 0 aromatic carbocycles. The van der Waals surface area contributed by atoms with E-state index in [0.29, 0.717) is 18.8 Å². The molecule has 1 unspecified atom stereocenters.